The number of hydrogen-bond acceptors (Lipinski definition) is 6. The molecule has 1 atom stereocenters. The molecule has 0 aliphatic rings. The summed E-state index contributed by atoms with van der Waals surface area (Å²) in [5.74, 6) is 2.12. The first-order chi connectivity index (χ1) is 14.9. The van der Waals surface area contributed by atoms with Gasteiger partial charge in [-0.1, -0.05) is 38.9 Å². The minimum Gasteiger partial charge on any atom is -0.334 e. The number of benzene rings is 1. The zero-order valence-electron chi connectivity index (χ0n) is 17.9. The zero-order valence-corrected chi connectivity index (χ0v) is 17.9. The number of pyridine rings is 1. The van der Waals surface area contributed by atoms with Crippen LogP contribution in [0.1, 0.15) is 51.3 Å². The van der Waals surface area contributed by atoms with E-state index in [1.807, 2.05) is 68.6 Å². The van der Waals surface area contributed by atoms with Gasteiger partial charge >= 0.3 is 6.03 Å². The van der Waals surface area contributed by atoms with Crippen molar-refractivity contribution in [2.75, 3.05) is 5.32 Å². The highest BCUT2D eigenvalue weighted by molar-refractivity contribution is 5.89. The van der Waals surface area contributed by atoms with Gasteiger partial charge in [-0.25, -0.2) is 4.79 Å². The summed E-state index contributed by atoms with van der Waals surface area (Å²) >= 11 is 0. The molecule has 2 N–H and O–H groups in total. The van der Waals surface area contributed by atoms with E-state index in [2.05, 4.69) is 31.0 Å². The van der Waals surface area contributed by atoms with Crippen molar-refractivity contribution in [1.82, 2.24) is 30.1 Å². The molecule has 3 heterocycles. The van der Waals surface area contributed by atoms with Gasteiger partial charge in [0.25, 0.3) is 5.89 Å². The summed E-state index contributed by atoms with van der Waals surface area (Å²) in [6.07, 6.45) is 1.89. The lowest BCUT2D eigenvalue weighted by Crippen LogP contribution is -2.36. The van der Waals surface area contributed by atoms with Crippen LogP contribution in [0.3, 0.4) is 0 Å². The maximum Gasteiger partial charge on any atom is 0.319 e. The third kappa shape index (κ3) is 4.40. The number of carbonyl (C=O) groups excluding carboxylic acids is 1. The number of fused-ring (bicyclic) bond motifs is 1. The van der Waals surface area contributed by atoms with Crippen LogP contribution in [0.4, 0.5) is 10.5 Å². The number of carbonyl (C=O) groups is 1. The Hall–Kier alpha value is -3.75. The molecule has 0 aliphatic heterocycles. The summed E-state index contributed by atoms with van der Waals surface area (Å²) in [5, 5.41) is 18.3. The second-order valence-corrected chi connectivity index (χ2v) is 8.00. The van der Waals surface area contributed by atoms with Crippen LogP contribution in [-0.4, -0.2) is 30.8 Å². The minimum atomic E-state index is -0.320. The van der Waals surface area contributed by atoms with E-state index in [1.165, 1.54) is 0 Å². The van der Waals surface area contributed by atoms with Gasteiger partial charge in [0.2, 0.25) is 0 Å². The van der Waals surface area contributed by atoms with Gasteiger partial charge in [-0.05, 0) is 42.3 Å². The molecule has 9 nitrogen and oxygen atoms in total. The predicted molar refractivity (Wildman–Crippen MR) is 117 cm³/mol. The first-order valence-corrected chi connectivity index (χ1v) is 10.2. The topological polar surface area (TPSA) is 110 Å². The average molecular weight is 419 g/mol. The molecule has 0 bridgehead atoms. The number of amides is 2. The van der Waals surface area contributed by atoms with Crippen LogP contribution in [0.15, 0.2) is 53.2 Å². The van der Waals surface area contributed by atoms with Crippen LogP contribution < -0.4 is 10.6 Å². The molecule has 3 aromatic heterocycles. The van der Waals surface area contributed by atoms with E-state index in [-0.39, 0.29) is 23.9 Å². The van der Waals surface area contributed by atoms with Crippen molar-refractivity contribution in [1.29, 1.82) is 0 Å². The van der Waals surface area contributed by atoms with Crippen molar-refractivity contribution in [2.45, 2.75) is 39.7 Å². The molecule has 2 amide bonds. The van der Waals surface area contributed by atoms with Crippen molar-refractivity contribution in [3.63, 3.8) is 0 Å². The minimum absolute atomic E-state index is 0.119. The predicted octanol–water partition coefficient (Wildman–Crippen LogP) is 4.42. The molecular formula is C22H25N7O2. The van der Waals surface area contributed by atoms with Crippen LogP contribution >= 0.6 is 0 Å². The normalized spacial score (nSPS) is 12.5. The zero-order chi connectivity index (χ0) is 22.0. The fourth-order valence-corrected chi connectivity index (χ4v) is 3.19. The molecule has 0 fully saturated rings. The van der Waals surface area contributed by atoms with Crippen LogP contribution in [0.25, 0.3) is 17.1 Å². The van der Waals surface area contributed by atoms with E-state index in [4.69, 9.17) is 4.52 Å². The lowest BCUT2D eigenvalue weighted by atomic mass is 10.0. The standard InChI is InChI=1S/C22H25N7O2/c1-13(2)18(20-27-26-17-7-5-6-12-29(17)20)24-22(30)23-16-10-8-15(9-11-16)21-25-19(14(3)4)28-31-21/h5-14,18H,1-4H3,(H2,23,24,30). The first-order valence-electron chi connectivity index (χ1n) is 10.2. The van der Waals surface area contributed by atoms with Crippen molar-refractivity contribution in [3.8, 4) is 11.5 Å². The maximum atomic E-state index is 12.7. The molecule has 4 aromatic rings. The lowest BCUT2D eigenvalue weighted by Gasteiger charge is -2.21. The van der Waals surface area contributed by atoms with Crippen molar-refractivity contribution >= 4 is 17.4 Å². The van der Waals surface area contributed by atoms with Gasteiger partial charge in [-0.3, -0.25) is 4.40 Å². The summed E-state index contributed by atoms with van der Waals surface area (Å²) in [5.41, 5.74) is 2.18. The number of urea groups is 1. The Bertz CT molecular complexity index is 1180. The summed E-state index contributed by atoms with van der Waals surface area (Å²) in [6.45, 7) is 8.07. The van der Waals surface area contributed by atoms with E-state index in [0.29, 0.717) is 23.2 Å². The van der Waals surface area contributed by atoms with E-state index in [1.54, 1.807) is 12.1 Å². The van der Waals surface area contributed by atoms with Crippen molar-refractivity contribution < 1.29 is 9.32 Å². The van der Waals surface area contributed by atoms with Gasteiger partial charge in [-0.2, -0.15) is 4.98 Å². The Morgan fingerprint density at radius 2 is 1.81 bits per heavy atom. The van der Waals surface area contributed by atoms with Crippen LogP contribution in [-0.2, 0) is 0 Å². The molecule has 0 radical (unpaired) electrons. The van der Waals surface area contributed by atoms with Crippen LogP contribution in [0.2, 0.25) is 0 Å². The molecule has 9 heteroatoms. The van der Waals surface area contributed by atoms with Gasteiger partial charge in [0.15, 0.2) is 17.3 Å². The molecule has 1 unspecified atom stereocenters. The first kappa shape index (κ1) is 20.5. The number of anilines is 1. The molecule has 0 saturated heterocycles. The van der Waals surface area contributed by atoms with Crippen LogP contribution in [0, 0.1) is 5.92 Å². The van der Waals surface area contributed by atoms with Gasteiger partial charge in [0.1, 0.15) is 0 Å². The summed E-state index contributed by atoms with van der Waals surface area (Å²) in [6, 6.07) is 12.3. The fraction of sp³-hybridized carbons (Fsp3) is 0.318. The highest BCUT2D eigenvalue weighted by Crippen LogP contribution is 2.23. The Labute approximate surface area is 179 Å². The number of nitrogens with one attached hydrogen (secondary N) is 2. The highest BCUT2D eigenvalue weighted by atomic mass is 16.5. The largest absolute Gasteiger partial charge is 0.334 e. The third-order valence-electron chi connectivity index (χ3n) is 4.92. The molecule has 4 rings (SSSR count). The molecule has 0 aliphatic carbocycles. The third-order valence-corrected chi connectivity index (χ3v) is 4.92. The van der Waals surface area contributed by atoms with Crippen molar-refractivity contribution in [3.05, 3.63) is 60.3 Å². The summed E-state index contributed by atoms with van der Waals surface area (Å²) in [4.78, 5) is 17.1. The Morgan fingerprint density at radius 3 is 2.48 bits per heavy atom. The fourth-order valence-electron chi connectivity index (χ4n) is 3.19. The average Bonchev–Trinajstić information content (AvgIpc) is 3.40. The van der Waals surface area contributed by atoms with Gasteiger partial charge in [0.05, 0.1) is 6.04 Å². The molecule has 1 aromatic carbocycles. The number of aromatic nitrogens is 5. The monoisotopic (exact) mass is 419 g/mol. The summed E-state index contributed by atoms with van der Waals surface area (Å²) in [7, 11) is 0. The Morgan fingerprint density at radius 1 is 1.03 bits per heavy atom. The maximum absolute atomic E-state index is 12.7. The van der Waals surface area contributed by atoms with Gasteiger partial charge in [0, 0.05) is 23.4 Å². The molecule has 31 heavy (non-hydrogen) atoms. The molecular weight excluding hydrogens is 394 g/mol. The number of hydrogen-bond donors (Lipinski definition) is 2. The lowest BCUT2D eigenvalue weighted by molar-refractivity contribution is 0.243. The van der Waals surface area contributed by atoms with E-state index in [0.717, 1.165) is 11.2 Å². The molecule has 160 valence electrons. The van der Waals surface area contributed by atoms with E-state index >= 15 is 0 Å². The number of rotatable bonds is 6. The molecule has 0 spiro atoms. The second-order valence-electron chi connectivity index (χ2n) is 8.00. The smallest absolute Gasteiger partial charge is 0.319 e. The van der Waals surface area contributed by atoms with E-state index in [9.17, 15) is 4.79 Å². The van der Waals surface area contributed by atoms with Gasteiger partial charge in [-0.15, -0.1) is 10.2 Å². The second kappa shape index (κ2) is 8.55. The SMILES string of the molecule is CC(C)c1noc(-c2ccc(NC(=O)NC(c3nnc4ccccn34)C(C)C)cc2)n1. The van der Waals surface area contributed by atoms with Crippen molar-refractivity contribution in [2.24, 2.45) is 5.92 Å². The van der Waals surface area contributed by atoms with Gasteiger partial charge < -0.3 is 15.2 Å². The Balaban J connectivity index is 1.45. The van der Waals surface area contributed by atoms with E-state index < -0.39 is 0 Å². The summed E-state index contributed by atoms with van der Waals surface area (Å²) < 4.78 is 7.20. The quantitative estimate of drug-likeness (QED) is 0.479. The molecule has 0 saturated carbocycles. The number of nitrogens with zero attached hydrogens (tertiary/aromatic N) is 5. The highest BCUT2D eigenvalue weighted by Gasteiger charge is 2.23. The van der Waals surface area contributed by atoms with Crippen LogP contribution in [0.5, 0.6) is 0 Å². The Kier molecular flexibility index (Phi) is 5.66.